The average molecular weight is 219 g/mol. The molecule has 16 heavy (non-hydrogen) atoms. The maximum absolute atomic E-state index is 4.96. The normalized spacial score (nSPS) is 55.5. The van der Waals surface area contributed by atoms with E-state index in [1.54, 1.807) is 19.3 Å². The minimum Gasteiger partial charge on any atom is -0.314 e. The van der Waals surface area contributed by atoms with Crippen molar-refractivity contribution >= 4 is 0 Å². The third kappa shape index (κ3) is 1.39. The molecule has 4 aliphatic carbocycles. The summed E-state index contributed by atoms with van der Waals surface area (Å²) >= 11 is 0. The summed E-state index contributed by atoms with van der Waals surface area (Å²) in [7, 11) is 0. The van der Waals surface area contributed by atoms with Crippen molar-refractivity contribution in [2.24, 2.45) is 23.2 Å². The summed E-state index contributed by atoms with van der Waals surface area (Å²) < 4.78 is 0. The van der Waals surface area contributed by atoms with Gasteiger partial charge in [-0.2, -0.15) is 0 Å². The molecule has 0 aromatic rings. The fourth-order valence-electron chi connectivity index (χ4n) is 5.60. The van der Waals surface area contributed by atoms with Crippen LogP contribution in [-0.2, 0) is 0 Å². The van der Waals surface area contributed by atoms with Gasteiger partial charge in [0.1, 0.15) is 0 Å². The summed E-state index contributed by atoms with van der Waals surface area (Å²) in [5.41, 5.74) is 0.641. The van der Waals surface area contributed by atoms with E-state index in [-0.39, 0.29) is 0 Å². The minimum atomic E-state index is 0.641. The van der Waals surface area contributed by atoms with Gasteiger partial charge in [-0.3, -0.25) is 0 Å². The van der Waals surface area contributed by atoms with Crippen LogP contribution in [0.3, 0.4) is 0 Å². The third-order valence-corrected chi connectivity index (χ3v) is 5.77. The van der Waals surface area contributed by atoms with E-state index in [0.29, 0.717) is 11.5 Å². The molecule has 1 N–H and O–H groups in total. The lowest BCUT2D eigenvalue weighted by Crippen LogP contribution is -2.59. The van der Waals surface area contributed by atoms with Crippen molar-refractivity contribution in [1.29, 1.82) is 0 Å². The molecule has 4 bridgehead atoms. The van der Waals surface area contributed by atoms with Gasteiger partial charge in [-0.25, -0.2) is 5.32 Å². The quantitative estimate of drug-likeness (QED) is 0.715. The summed E-state index contributed by atoms with van der Waals surface area (Å²) in [5.74, 6) is 3.22. The molecular weight excluding hydrogens is 196 g/mol. The summed E-state index contributed by atoms with van der Waals surface area (Å²) in [6.45, 7) is 3.35. The second-order valence-corrected chi connectivity index (χ2v) is 6.91. The van der Waals surface area contributed by atoms with Gasteiger partial charge in [0.15, 0.2) is 0 Å². The van der Waals surface area contributed by atoms with Crippen molar-refractivity contribution in [2.75, 3.05) is 19.6 Å². The summed E-state index contributed by atoms with van der Waals surface area (Å²) in [4.78, 5) is 0. The van der Waals surface area contributed by atoms with Crippen LogP contribution in [0.1, 0.15) is 38.5 Å². The van der Waals surface area contributed by atoms with Crippen LogP contribution >= 0.6 is 0 Å². The predicted octanol–water partition coefficient (Wildman–Crippen LogP) is 1.78. The number of rotatable bonds is 1. The van der Waals surface area contributed by atoms with Crippen molar-refractivity contribution in [3.63, 3.8) is 0 Å². The van der Waals surface area contributed by atoms with Gasteiger partial charge < -0.3 is 5.32 Å². The summed E-state index contributed by atoms with van der Waals surface area (Å²) in [5, 5.41) is 8.52. The zero-order chi connectivity index (χ0) is 10.6. The number of piperazine rings is 1. The lowest BCUT2D eigenvalue weighted by Gasteiger charge is -2.59. The van der Waals surface area contributed by atoms with Crippen LogP contribution in [0, 0.1) is 23.2 Å². The van der Waals surface area contributed by atoms with Crippen LogP contribution < -0.4 is 10.6 Å². The summed E-state index contributed by atoms with van der Waals surface area (Å²) in [6.07, 6.45) is 9.19. The number of nitrogens with zero attached hydrogens (tertiary/aromatic N) is 1. The fourth-order valence-corrected chi connectivity index (χ4v) is 5.60. The van der Waals surface area contributed by atoms with E-state index < -0.39 is 0 Å². The first-order chi connectivity index (χ1) is 7.84. The summed E-state index contributed by atoms with van der Waals surface area (Å²) in [6, 6.07) is 0.662. The van der Waals surface area contributed by atoms with Crippen molar-refractivity contribution < 1.29 is 0 Å². The van der Waals surface area contributed by atoms with Crippen LogP contribution in [0.15, 0.2) is 0 Å². The molecule has 1 aliphatic heterocycles. The van der Waals surface area contributed by atoms with E-state index in [2.05, 4.69) is 5.32 Å². The highest BCUT2D eigenvalue weighted by atomic mass is 15.1. The van der Waals surface area contributed by atoms with Gasteiger partial charge in [0.05, 0.1) is 0 Å². The molecule has 5 aliphatic rings. The number of hydrogen-bond donors (Lipinski definition) is 1. The zero-order valence-electron chi connectivity index (χ0n) is 10.1. The highest BCUT2D eigenvalue weighted by Gasteiger charge is 2.54. The molecule has 0 spiro atoms. The van der Waals surface area contributed by atoms with Gasteiger partial charge in [0.2, 0.25) is 0 Å². The molecule has 5 rings (SSSR count). The molecular formula is C14H23N2. The first-order valence-electron chi connectivity index (χ1n) is 7.21. The standard InChI is InChI=1S/C14H23N2/c1-2-16-13(9-15-1)14-6-10-3-11(7-14)5-12(4-10)8-14/h10-13,15H,1-9H2. The van der Waals surface area contributed by atoms with Gasteiger partial charge >= 0.3 is 0 Å². The van der Waals surface area contributed by atoms with Gasteiger partial charge in [0.25, 0.3) is 0 Å². The Morgan fingerprint density at radius 2 is 1.56 bits per heavy atom. The first kappa shape index (κ1) is 9.90. The largest absolute Gasteiger partial charge is 0.314 e. The minimum absolute atomic E-state index is 0.641. The number of hydrogen-bond acceptors (Lipinski definition) is 1. The molecule has 2 heteroatoms. The highest BCUT2D eigenvalue weighted by Crippen LogP contribution is 2.61. The van der Waals surface area contributed by atoms with Crippen molar-refractivity contribution in [1.82, 2.24) is 10.6 Å². The second kappa shape index (κ2) is 3.46. The Morgan fingerprint density at radius 1 is 0.938 bits per heavy atom. The highest BCUT2D eigenvalue weighted by molar-refractivity contribution is 5.07. The van der Waals surface area contributed by atoms with Crippen LogP contribution in [0.2, 0.25) is 0 Å². The zero-order valence-corrected chi connectivity index (χ0v) is 10.1. The smallest absolute Gasteiger partial charge is 0.0427 e. The SMILES string of the molecule is C1CNCC(C23CC4CC(CC(C4)C2)C3)[N]1. The molecule has 0 aromatic heterocycles. The maximum atomic E-state index is 4.96. The topological polar surface area (TPSA) is 26.1 Å². The van der Waals surface area contributed by atoms with Crippen molar-refractivity contribution in [3.05, 3.63) is 0 Å². The third-order valence-electron chi connectivity index (χ3n) is 5.77. The Kier molecular flexibility index (Phi) is 2.14. The number of nitrogens with one attached hydrogen (secondary N) is 1. The van der Waals surface area contributed by atoms with E-state index in [0.717, 1.165) is 30.8 Å². The Hall–Kier alpha value is -0.0800. The first-order valence-corrected chi connectivity index (χ1v) is 7.21. The van der Waals surface area contributed by atoms with Gasteiger partial charge in [0, 0.05) is 25.7 Å². The van der Waals surface area contributed by atoms with Crippen LogP contribution in [-0.4, -0.2) is 25.7 Å². The molecule has 0 aromatic carbocycles. The van der Waals surface area contributed by atoms with E-state index >= 15 is 0 Å². The lowest BCUT2D eigenvalue weighted by atomic mass is 9.47. The van der Waals surface area contributed by atoms with Crippen molar-refractivity contribution in [3.8, 4) is 0 Å². The van der Waals surface area contributed by atoms with Crippen LogP contribution in [0.5, 0.6) is 0 Å². The predicted molar refractivity (Wildman–Crippen MR) is 64.3 cm³/mol. The monoisotopic (exact) mass is 219 g/mol. The fraction of sp³-hybridized carbons (Fsp3) is 1.00. The molecule has 1 unspecified atom stereocenters. The lowest BCUT2D eigenvalue weighted by molar-refractivity contribution is -0.0762. The van der Waals surface area contributed by atoms with E-state index in [4.69, 9.17) is 5.32 Å². The molecule has 2 nitrogen and oxygen atoms in total. The van der Waals surface area contributed by atoms with Gasteiger partial charge in [-0.05, 0) is 61.7 Å². The van der Waals surface area contributed by atoms with E-state index in [1.807, 2.05) is 0 Å². The Bertz CT molecular complexity index is 245. The van der Waals surface area contributed by atoms with Gasteiger partial charge in [-0.15, -0.1) is 0 Å². The second-order valence-electron chi connectivity index (χ2n) is 6.91. The van der Waals surface area contributed by atoms with Crippen molar-refractivity contribution in [2.45, 2.75) is 44.6 Å². The van der Waals surface area contributed by atoms with E-state index in [9.17, 15) is 0 Å². The Morgan fingerprint density at radius 3 is 2.06 bits per heavy atom. The molecule has 1 saturated heterocycles. The Labute approximate surface area is 98.6 Å². The van der Waals surface area contributed by atoms with E-state index in [1.165, 1.54) is 25.8 Å². The molecule has 1 radical (unpaired) electrons. The molecule has 1 heterocycles. The molecule has 0 amide bonds. The maximum Gasteiger partial charge on any atom is 0.0427 e. The molecule has 89 valence electrons. The molecule has 4 saturated carbocycles. The van der Waals surface area contributed by atoms with Crippen LogP contribution in [0.4, 0.5) is 0 Å². The van der Waals surface area contributed by atoms with Crippen LogP contribution in [0.25, 0.3) is 0 Å². The van der Waals surface area contributed by atoms with Gasteiger partial charge in [-0.1, -0.05) is 0 Å². The molecule has 5 fully saturated rings. The Balaban J connectivity index is 1.60. The average Bonchev–Trinajstić information content (AvgIpc) is 2.28. The molecule has 1 atom stereocenters.